The lowest BCUT2D eigenvalue weighted by Gasteiger charge is -2.03. The molecule has 2 N–H and O–H groups in total. The zero-order valence-corrected chi connectivity index (χ0v) is 10.6. The van der Waals surface area contributed by atoms with Crippen LogP contribution >= 0.6 is 15.9 Å². The van der Waals surface area contributed by atoms with E-state index in [1.807, 2.05) is 13.8 Å². The van der Waals surface area contributed by atoms with Crippen molar-refractivity contribution in [3.63, 3.8) is 0 Å². The first kappa shape index (κ1) is 11.5. The minimum atomic E-state index is -0.409. The molecular weight excluding hydrogens is 274 g/mol. The Morgan fingerprint density at radius 2 is 2.19 bits per heavy atom. The molecule has 2 atom stereocenters. The van der Waals surface area contributed by atoms with Crippen LogP contribution in [0.15, 0.2) is 16.7 Å². The molecule has 16 heavy (non-hydrogen) atoms. The van der Waals surface area contributed by atoms with Gasteiger partial charge in [-0.25, -0.2) is 0 Å². The summed E-state index contributed by atoms with van der Waals surface area (Å²) in [7, 11) is 0. The number of halogens is 1. The highest BCUT2D eigenvalue weighted by atomic mass is 79.9. The average molecular weight is 286 g/mol. The lowest BCUT2D eigenvalue weighted by Crippen LogP contribution is -2.07. The predicted octanol–water partition coefficient (Wildman–Crippen LogP) is 2.20. The Morgan fingerprint density at radius 1 is 1.62 bits per heavy atom. The summed E-state index contributed by atoms with van der Waals surface area (Å²) >= 11 is 3.18. The van der Waals surface area contributed by atoms with Crippen LogP contribution in [-0.4, -0.2) is 15.9 Å². The molecule has 86 valence electrons. The third-order valence-corrected chi connectivity index (χ3v) is 3.70. The van der Waals surface area contributed by atoms with Gasteiger partial charge in [-0.15, -0.1) is 0 Å². The van der Waals surface area contributed by atoms with Crippen molar-refractivity contribution < 1.29 is 4.92 Å². The van der Waals surface area contributed by atoms with Crippen molar-refractivity contribution in [2.75, 3.05) is 0 Å². The second kappa shape index (κ2) is 3.49. The molecule has 0 radical (unpaired) electrons. The van der Waals surface area contributed by atoms with Gasteiger partial charge < -0.3 is 5.73 Å². The summed E-state index contributed by atoms with van der Waals surface area (Å²) in [6.07, 6.45) is 1.57. The Balaban J connectivity index is 2.47. The van der Waals surface area contributed by atoms with Gasteiger partial charge in [-0.3, -0.25) is 15.1 Å². The van der Waals surface area contributed by atoms with Gasteiger partial charge in [0.05, 0.1) is 4.92 Å². The third-order valence-electron chi connectivity index (χ3n) is 3.27. The van der Waals surface area contributed by atoms with Crippen molar-refractivity contribution >= 4 is 21.6 Å². The molecule has 0 spiro atoms. The fraction of sp³-hybridized carbons (Fsp3) is 0.500. The monoisotopic (exact) mass is 285 g/mol. The van der Waals surface area contributed by atoms with Crippen molar-refractivity contribution in [2.24, 2.45) is 11.1 Å². The number of hydrogen-bond donors (Lipinski definition) is 1. The largest absolute Gasteiger partial charge is 0.327 e. The van der Waals surface area contributed by atoms with E-state index in [4.69, 9.17) is 5.73 Å². The quantitative estimate of drug-likeness (QED) is 0.667. The number of nitrogens with zero attached hydrogens (tertiary/aromatic N) is 2. The van der Waals surface area contributed by atoms with Crippen LogP contribution in [0.5, 0.6) is 0 Å². The lowest BCUT2D eigenvalue weighted by atomic mass is 10.1. The van der Waals surface area contributed by atoms with Crippen molar-refractivity contribution in [3.05, 3.63) is 32.5 Å². The van der Waals surface area contributed by atoms with E-state index >= 15 is 0 Å². The van der Waals surface area contributed by atoms with E-state index in [1.165, 1.54) is 6.07 Å². The average Bonchev–Trinajstić information content (AvgIpc) is 2.67. The molecule has 2 rings (SSSR count). The number of rotatable bonds is 2. The Labute approximate surface area is 101 Å². The Morgan fingerprint density at radius 3 is 2.62 bits per heavy atom. The lowest BCUT2D eigenvalue weighted by molar-refractivity contribution is -0.386. The molecule has 5 nitrogen and oxygen atoms in total. The first-order valence-corrected chi connectivity index (χ1v) is 5.70. The second-order valence-electron chi connectivity index (χ2n) is 4.64. The number of nitro groups is 1. The summed E-state index contributed by atoms with van der Waals surface area (Å²) in [4.78, 5) is 14.7. The van der Waals surface area contributed by atoms with Gasteiger partial charge in [-0.05, 0) is 21.3 Å². The fourth-order valence-electron chi connectivity index (χ4n) is 2.03. The SMILES string of the molecule is CC1(C)[C@H](N)[C@H]1c1ncc(Br)cc1[N+](=O)[O-]. The van der Waals surface area contributed by atoms with Crippen LogP contribution in [0.3, 0.4) is 0 Å². The highest BCUT2D eigenvalue weighted by molar-refractivity contribution is 9.10. The summed E-state index contributed by atoms with van der Waals surface area (Å²) < 4.78 is 0.606. The normalized spacial score (nSPS) is 26.5. The van der Waals surface area contributed by atoms with E-state index in [2.05, 4.69) is 20.9 Å². The minimum absolute atomic E-state index is 0.0269. The van der Waals surface area contributed by atoms with Gasteiger partial charge in [-0.2, -0.15) is 0 Å². The molecule has 1 aliphatic carbocycles. The molecule has 1 aliphatic rings. The van der Waals surface area contributed by atoms with Crippen LogP contribution in [0.1, 0.15) is 25.5 Å². The molecule has 0 amide bonds. The number of nitrogens with two attached hydrogens (primary N) is 1. The summed E-state index contributed by atoms with van der Waals surface area (Å²) in [6.45, 7) is 3.99. The Bertz CT molecular complexity index is 461. The van der Waals surface area contributed by atoms with Crippen molar-refractivity contribution in [2.45, 2.75) is 25.8 Å². The van der Waals surface area contributed by atoms with Gasteiger partial charge in [0, 0.05) is 28.7 Å². The molecule has 0 aliphatic heterocycles. The zero-order chi connectivity index (χ0) is 12.1. The van der Waals surface area contributed by atoms with E-state index < -0.39 is 4.92 Å². The van der Waals surface area contributed by atoms with Crippen LogP contribution < -0.4 is 5.73 Å². The number of pyridine rings is 1. The predicted molar refractivity (Wildman–Crippen MR) is 63.1 cm³/mol. The minimum Gasteiger partial charge on any atom is -0.327 e. The molecule has 1 heterocycles. The maximum absolute atomic E-state index is 10.9. The van der Waals surface area contributed by atoms with E-state index in [0.29, 0.717) is 10.2 Å². The zero-order valence-electron chi connectivity index (χ0n) is 8.98. The number of aromatic nitrogens is 1. The highest BCUT2D eigenvalue weighted by Crippen LogP contribution is 2.58. The molecule has 1 aromatic rings. The van der Waals surface area contributed by atoms with E-state index in [1.54, 1.807) is 6.20 Å². The van der Waals surface area contributed by atoms with E-state index in [9.17, 15) is 10.1 Å². The van der Waals surface area contributed by atoms with E-state index in [-0.39, 0.29) is 23.1 Å². The molecule has 1 fully saturated rings. The highest BCUT2D eigenvalue weighted by Gasteiger charge is 2.59. The van der Waals surface area contributed by atoms with Crippen LogP contribution in [0.4, 0.5) is 5.69 Å². The summed E-state index contributed by atoms with van der Waals surface area (Å²) in [6, 6.07) is 1.42. The van der Waals surface area contributed by atoms with Crippen molar-refractivity contribution in [1.82, 2.24) is 4.98 Å². The molecule has 0 bridgehead atoms. The van der Waals surface area contributed by atoms with Gasteiger partial charge in [0.15, 0.2) is 0 Å². The maximum atomic E-state index is 10.9. The molecule has 0 saturated heterocycles. The molecule has 0 aromatic carbocycles. The summed E-state index contributed by atoms with van der Waals surface area (Å²) in [5, 5.41) is 10.9. The molecule has 6 heteroatoms. The van der Waals surface area contributed by atoms with Gasteiger partial charge in [-0.1, -0.05) is 13.8 Å². The molecule has 1 saturated carbocycles. The maximum Gasteiger partial charge on any atom is 0.292 e. The van der Waals surface area contributed by atoms with Gasteiger partial charge in [0.2, 0.25) is 0 Å². The van der Waals surface area contributed by atoms with Crippen LogP contribution in [0.25, 0.3) is 0 Å². The van der Waals surface area contributed by atoms with Crippen LogP contribution in [0, 0.1) is 15.5 Å². The van der Waals surface area contributed by atoms with Gasteiger partial charge in [0.25, 0.3) is 5.69 Å². The smallest absolute Gasteiger partial charge is 0.292 e. The fourth-order valence-corrected chi connectivity index (χ4v) is 2.34. The molecular formula is C10H12BrN3O2. The second-order valence-corrected chi connectivity index (χ2v) is 5.56. The third kappa shape index (κ3) is 1.62. The molecule has 0 unspecified atom stereocenters. The Hall–Kier alpha value is -1.01. The Kier molecular flexibility index (Phi) is 2.51. The standard InChI is InChI=1S/C10H12BrN3O2/c1-10(2)7(9(10)12)8-6(14(15)16)3-5(11)4-13-8/h3-4,7,9H,12H2,1-2H3/t7-,9-/m1/s1. The topological polar surface area (TPSA) is 82.0 Å². The summed E-state index contributed by atoms with van der Waals surface area (Å²) in [5.41, 5.74) is 6.34. The van der Waals surface area contributed by atoms with Crippen LogP contribution in [-0.2, 0) is 0 Å². The first-order valence-electron chi connectivity index (χ1n) is 4.91. The molecule has 1 aromatic heterocycles. The van der Waals surface area contributed by atoms with Gasteiger partial charge >= 0.3 is 0 Å². The van der Waals surface area contributed by atoms with Crippen molar-refractivity contribution in [1.29, 1.82) is 0 Å². The van der Waals surface area contributed by atoms with Crippen molar-refractivity contribution in [3.8, 4) is 0 Å². The van der Waals surface area contributed by atoms with Gasteiger partial charge in [0.1, 0.15) is 5.69 Å². The first-order chi connectivity index (χ1) is 7.35. The number of hydrogen-bond acceptors (Lipinski definition) is 4. The summed E-state index contributed by atoms with van der Waals surface area (Å²) in [5.74, 6) is -0.0269. The van der Waals surface area contributed by atoms with E-state index in [0.717, 1.165) is 0 Å². The van der Waals surface area contributed by atoms with Crippen LogP contribution in [0.2, 0.25) is 0 Å².